The van der Waals surface area contributed by atoms with Gasteiger partial charge in [-0.2, -0.15) is 0 Å². The van der Waals surface area contributed by atoms with Crippen molar-refractivity contribution >= 4 is 9.84 Å². The first-order valence-electron chi connectivity index (χ1n) is 6.34. The molecule has 0 saturated heterocycles. The molecule has 0 fully saturated rings. The van der Waals surface area contributed by atoms with Gasteiger partial charge in [-0.25, -0.2) is 8.42 Å². The highest BCUT2D eigenvalue weighted by atomic mass is 32.2. The van der Waals surface area contributed by atoms with Gasteiger partial charge in [0.05, 0.1) is 5.75 Å². The highest BCUT2D eigenvalue weighted by Crippen LogP contribution is 2.19. The molecule has 0 aliphatic heterocycles. The second-order valence-electron chi connectivity index (χ2n) is 4.80. The molecular weight excluding hydrogens is 246 g/mol. The third kappa shape index (κ3) is 4.10. The third-order valence-corrected chi connectivity index (χ3v) is 5.09. The molecule has 1 atom stereocenters. The van der Waals surface area contributed by atoms with Crippen LogP contribution in [0.4, 0.5) is 0 Å². The molecule has 1 rings (SSSR count). The highest BCUT2D eigenvalue weighted by Gasteiger charge is 2.19. The number of benzene rings is 1. The van der Waals surface area contributed by atoms with Gasteiger partial charge in [-0.15, -0.1) is 0 Å². The minimum atomic E-state index is -2.98. The van der Waals surface area contributed by atoms with Crippen LogP contribution in [0, 0.1) is 13.8 Å². The largest absolute Gasteiger partial charge is 0.312 e. The lowest BCUT2D eigenvalue weighted by Gasteiger charge is -2.17. The summed E-state index contributed by atoms with van der Waals surface area (Å²) in [6, 6.07) is 5.99. The lowest BCUT2D eigenvalue weighted by Crippen LogP contribution is -2.26. The van der Waals surface area contributed by atoms with Crippen molar-refractivity contribution in [3.63, 3.8) is 0 Å². The van der Waals surface area contributed by atoms with E-state index in [1.807, 2.05) is 26.0 Å². The molecule has 4 heteroatoms. The molecule has 1 aromatic rings. The molecule has 0 heterocycles. The Balaban J connectivity index is 2.93. The number of nitrogens with one attached hydrogen (secondary N) is 1. The van der Waals surface area contributed by atoms with E-state index in [1.165, 1.54) is 11.1 Å². The fraction of sp³-hybridized carbons (Fsp3) is 0.571. The summed E-state index contributed by atoms with van der Waals surface area (Å²) < 4.78 is 23.8. The molecule has 18 heavy (non-hydrogen) atoms. The predicted molar refractivity (Wildman–Crippen MR) is 76.7 cm³/mol. The Kier molecular flexibility index (Phi) is 5.35. The molecule has 1 unspecified atom stereocenters. The van der Waals surface area contributed by atoms with Crippen LogP contribution in [0.3, 0.4) is 0 Å². The second kappa shape index (κ2) is 6.34. The molecule has 0 aliphatic rings. The van der Waals surface area contributed by atoms with Crippen molar-refractivity contribution in [2.24, 2.45) is 0 Å². The molecule has 0 saturated carbocycles. The van der Waals surface area contributed by atoms with Crippen molar-refractivity contribution in [2.45, 2.75) is 33.2 Å². The first-order chi connectivity index (χ1) is 8.39. The molecule has 1 aromatic carbocycles. The SMILES string of the molecule is CCCS(=O)(=O)CC(NC)c1ccc(C)c(C)c1. The summed E-state index contributed by atoms with van der Waals surface area (Å²) in [5.41, 5.74) is 3.46. The summed E-state index contributed by atoms with van der Waals surface area (Å²) in [5, 5.41) is 3.10. The standard InChI is InChI=1S/C14H23NO2S/c1-5-8-18(16,17)10-14(15-4)13-7-6-11(2)12(3)9-13/h6-7,9,14-15H,5,8,10H2,1-4H3. The summed E-state index contributed by atoms with van der Waals surface area (Å²) in [5.74, 6) is 0.426. The van der Waals surface area contributed by atoms with E-state index in [4.69, 9.17) is 0 Å². The number of aryl methyl sites for hydroxylation is 2. The summed E-state index contributed by atoms with van der Waals surface area (Å²) in [4.78, 5) is 0. The fourth-order valence-electron chi connectivity index (χ4n) is 1.98. The van der Waals surface area contributed by atoms with Crippen LogP contribution in [0.5, 0.6) is 0 Å². The quantitative estimate of drug-likeness (QED) is 0.862. The monoisotopic (exact) mass is 269 g/mol. The molecule has 102 valence electrons. The lowest BCUT2D eigenvalue weighted by molar-refractivity contribution is 0.573. The van der Waals surface area contributed by atoms with Crippen LogP contribution >= 0.6 is 0 Å². The number of sulfone groups is 1. The van der Waals surface area contributed by atoms with E-state index in [1.54, 1.807) is 7.05 Å². The average molecular weight is 269 g/mol. The van der Waals surface area contributed by atoms with E-state index in [0.29, 0.717) is 6.42 Å². The van der Waals surface area contributed by atoms with Gasteiger partial charge in [-0.05, 0) is 44.0 Å². The van der Waals surface area contributed by atoms with Gasteiger partial charge < -0.3 is 5.32 Å². The van der Waals surface area contributed by atoms with Gasteiger partial charge >= 0.3 is 0 Å². The minimum Gasteiger partial charge on any atom is -0.312 e. The second-order valence-corrected chi connectivity index (χ2v) is 7.03. The first-order valence-corrected chi connectivity index (χ1v) is 8.16. The summed E-state index contributed by atoms with van der Waals surface area (Å²) >= 11 is 0. The Morgan fingerprint density at radius 3 is 2.39 bits per heavy atom. The Hall–Kier alpha value is -0.870. The maximum Gasteiger partial charge on any atom is 0.152 e. The smallest absolute Gasteiger partial charge is 0.152 e. The molecular formula is C14H23NO2S. The van der Waals surface area contributed by atoms with E-state index in [9.17, 15) is 8.42 Å². The van der Waals surface area contributed by atoms with Crippen LogP contribution < -0.4 is 5.32 Å². The number of hydrogen-bond acceptors (Lipinski definition) is 3. The number of hydrogen-bond donors (Lipinski definition) is 1. The average Bonchev–Trinajstić information content (AvgIpc) is 2.30. The summed E-state index contributed by atoms with van der Waals surface area (Å²) in [6.07, 6.45) is 0.672. The van der Waals surface area contributed by atoms with Crippen LogP contribution in [-0.2, 0) is 9.84 Å². The maximum absolute atomic E-state index is 11.9. The van der Waals surface area contributed by atoms with Gasteiger partial charge in [0.1, 0.15) is 0 Å². The number of rotatable bonds is 6. The molecule has 0 spiro atoms. The minimum absolute atomic E-state index is 0.124. The fourth-order valence-corrected chi connectivity index (χ4v) is 3.63. The third-order valence-electron chi connectivity index (χ3n) is 3.22. The summed E-state index contributed by atoms with van der Waals surface area (Å²) in [6.45, 7) is 6.00. The topological polar surface area (TPSA) is 46.2 Å². The van der Waals surface area contributed by atoms with Crippen molar-refractivity contribution in [1.29, 1.82) is 0 Å². The molecule has 0 amide bonds. The molecule has 0 bridgehead atoms. The van der Waals surface area contributed by atoms with Gasteiger partial charge in [0.2, 0.25) is 0 Å². The lowest BCUT2D eigenvalue weighted by atomic mass is 10.0. The highest BCUT2D eigenvalue weighted by molar-refractivity contribution is 7.91. The molecule has 1 N–H and O–H groups in total. The zero-order chi connectivity index (χ0) is 13.8. The van der Waals surface area contributed by atoms with Gasteiger partial charge in [-0.3, -0.25) is 0 Å². The van der Waals surface area contributed by atoms with Crippen LogP contribution in [0.15, 0.2) is 18.2 Å². The molecule has 0 aliphatic carbocycles. The molecule has 0 aromatic heterocycles. The normalized spacial score (nSPS) is 13.6. The van der Waals surface area contributed by atoms with Crippen molar-refractivity contribution in [3.8, 4) is 0 Å². The Morgan fingerprint density at radius 2 is 1.89 bits per heavy atom. The Morgan fingerprint density at radius 1 is 1.22 bits per heavy atom. The van der Waals surface area contributed by atoms with Gasteiger partial charge in [0, 0.05) is 11.8 Å². The van der Waals surface area contributed by atoms with Crippen molar-refractivity contribution in [2.75, 3.05) is 18.6 Å². The zero-order valence-corrected chi connectivity index (χ0v) is 12.5. The van der Waals surface area contributed by atoms with E-state index >= 15 is 0 Å². The van der Waals surface area contributed by atoms with Gasteiger partial charge in [-0.1, -0.05) is 25.1 Å². The van der Waals surface area contributed by atoms with Crippen LogP contribution in [-0.4, -0.2) is 27.0 Å². The summed E-state index contributed by atoms with van der Waals surface area (Å²) in [7, 11) is -1.17. The van der Waals surface area contributed by atoms with E-state index in [0.717, 1.165) is 5.56 Å². The van der Waals surface area contributed by atoms with Crippen molar-refractivity contribution < 1.29 is 8.42 Å². The zero-order valence-electron chi connectivity index (χ0n) is 11.7. The maximum atomic E-state index is 11.9. The van der Waals surface area contributed by atoms with E-state index in [-0.39, 0.29) is 17.5 Å². The van der Waals surface area contributed by atoms with Crippen molar-refractivity contribution in [1.82, 2.24) is 5.32 Å². The van der Waals surface area contributed by atoms with Crippen LogP contribution in [0.1, 0.15) is 36.1 Å². The van der Waals surface area contributed by atoms with Crippen molar-refractivity contribution in [3.05, 3.63) is 34.9 Å². The molecule has 3 nitrogen and oxygen atoms in total. The van der Waals surface area contributed by atoms with E-state index < -0.39 is 9.84 Å². The van der Waals surface area contributed by atoms with Gasteiger partial charge in [0.15, 0.2) is 9.84 Å². The van der Waals surface area contributed by atoms with Gasteiger partial charge in [0.25, 0.3) is 0 Å². The molecule has 0 radical (unpaired) electrons. The predicted octanol–water partition coefficient (Wildman–Crippen LogP) is 2.39. The van der Waals surface area contributed by atoms with Crippen LogP contribution in [0.2, 0.25) is 0 Å². The Labute approximate surface area is 111 Å². The first kappa shape index (κ1) is 15.2. The van der Waals surface area contributed by atoms with E-state index in [2.05, 4.69) is 18.3 Å². The Bertz CT molecular complexity index is 495. The van der Waals surface area contributed by atoms with Crippen LogP contribution in [0.25, 0.3) is 0 Å².